The Morgan fingerprint density at radius 1 is 1.33 bits per heavy atom. The fraction of sp³-hybridized carbons (Fsp3) is 0.231. The van der Waals surface area contributed by atoms with Crippen molar-refractivity contribution < 1.29 is 9.66 Å². The first kappa shape index (κ1) is 15.0. The number of rotatable bonds is 4. The van der Waals surface area contributed by atoms with E-state index >= 15 is 0 Å². The number of nitro groups is 1. The molecule has 0 atom stereocenters. The number of hydrogen-bond donors (Lipinski definition) is 1. The molecule has 0 unspecified atom stereocenters. The number of benzene rings is 1. The highest BCUT2D eigenvalue weighted by Crippen LogP contribution is 2.33. The molecule has 1 aromatic carbocycles. The summed E-state index contributed by atoms with van der Waals surface area (Å²) in [5.41, 5.74) is 0.622. The monoisotopic (exact) mass is 308 g/mol. The van der Waals surface area contributed by atoms with Crippen LogP contribution in [0.15, 0.2) is 18.2 Å². The van der Waals surface area contributed by atoms with E-state index in [1.807, 2.05) is 0 Å². The van der Waals surface area contributed by atoms with Crippen LogP contribution in [0.1, 0.15) is 11.4 Å². The molecule has 21 heavy (non-hydrogen) atoms. The predicted molar refractivity (Wildman–Crippen MR) is 79.2 cm³/mol. The Balaban J connectivity index is 2.39. The van der Waals surface area contributed by atoms with E-state index in [4.69, 9.17) is 16.3 Å². The average molecular weight is 309 g/mol. The fourth-order valence-corrected chi connectivity index (χ4v) is 1.95. The van der Waals surface area contributed by atoms with Crippen LogP contribution in [0.3, 0.4) is 0 Å². The van der Waals surface area contributed by atoms with Crippen LogP contribution in [0.4, 0.5) is 11.5 Å². The molecular weight excluding hydrogens is 296 g/mol. The highest BCUT2D eigenvalue weighted by molar-refractivity contribution is 6.32. The van der Waals surface area contributed by atoms with E-state index in [9.17, 15) is 10.1 Å². The van der Waals surface area contributed by atoms with Crippen LogP contribution in [0.2, 0.25) is 5.02 Å². The predicted octanol–water partition coefficient (Wildman–Crippen LogP) is 3.49. The third kappa shape index (κ3) is 3.19. The van der Waals surface area contributed by atoms with E-state index in [1.54, 1.807) is 20.9 Å². The van der Waals surface area contributed by atoms with Gasteiger partial charge in [-0.15, -0.1) is 0 Å². The zero-order valence-corrected chi connectivity index (χ0v) is 12.4. The molecule has 1 aromatic heterocycles. The van der Waals surface area contributed by atoms with Gasteiger partial charge in [-0.05, 0) is 19.9 Å². The van der Waals surface area contributed by atoms with Gasteiger partial charge in [0.15, 0.2) is 0 Å². The fourth-order valence-electron chi connectivity index (χ4n) is 1.74. The minimum atomic E-state index is -0.519. The molecule has 0 radical (unpaired) electrons. The summed E-state index contributed by atoms with van der Waals surface area (Å²) in [6, 6.07) is 4.00. The van der Waals surface area contributed by atoms with Crippen molar-refractivity contribution in [2.45, 2.75) is 13.8 Å². The van der Waals surface area contributed by atoms with Crippen molar-refractivity contribution in [1.82, 2.24) is 9.97 Å². The van der Waals surface area contributed by atoms with E-state index in [0.717, 1.165) is 5.56 Å². The molecule has 2 aromatic rings. The maximum absolute atomic E-state index is 10.7. The van der Waals surface area contributed by atoms with Crippen LogP contribution < -0.4 is 10.1 Å². The maximum atomic E-state index is 10.7. The highest BCUT2D eigenvalue weighted by atomic mass is 35.5. The number of nitrogens with one attached hydrogen (secondary N) is 1. The molecule has 0 aliphatic carbocycles. The minimum absolute atomic E-state index is 0.0983. The summed E-state index contributed by atoms with van der Waals surface area (Å²) in [6.07, 6.45) is 0. The van der Waals surface area contributed by atoms with Crippen LogP contribution >= 0.6 is 11.6 Å². The molecule has 8 heteroatoms. The van der Waals surface area contributed by atoms with Gasteiger partial charge in [-0.1, -0.05) is 11.6 Å². The SMILES string of the molecule is CNc1nc(C)nc(Oc2ccc([N+](=O)[O-])cc2Cl)c1C. The van der Waals surface area contributed by atoms with Crippen LogP contribution in [-0.4, -0.2) is 21.9 Å². The summed E-state index contributed by atoms with van der Waals surface area (Å²) in [6.45, 7) is 3.55. The van der Waals surface area contributed by atoms with Crippen molar-refractivity contribution in [3.05, 3.63) is 44.7 Å². The molecule has 110 valence electrons. The number of aromatic nitrogens is 2. The molecule has 0 fully saturated rings. The van der Waals surface area contributed by atoms with Crippen molar-refractivity contribution in [2.24, 2.45) is 0 Å². The standard InChI is InChI=1S/C13H13ClN4O3/c1-7-12(15-3)16-8(2)17-13(7)21-11-5-4-9(18(19)20)6-10(11)14/h4-6H,1-3H3,(H,15,16,17). The third-order valence-electron chi connectivity index (χ3n) is 2.78. The minimum Gasteiger partial charge on any atom is -0.437 e. The van der Waals surface area contributed by atoms with Crippen LogP contribution in [0.5, 0.6) is 11.6 Å². The topological polar surface area (TPSA) is 90.2 Å². The summed E-state index contributed by atoms with van der Waals surface area (Å²) in [5, 5.41) is 13.8. The second-order valence-corrected chi connectivity index (χ2v) is 4.68. The van der Waals surface area contributed by atoms with Crippen LogP contribution in [-0.2, 0) is 0 Å². The van der Waals surface area contributed by atoms with Crippen molar-refractivity contribution in [2.75, 3.05) is 12.4 Å². The number of halogens is 1. The Hall–Kier alpha value is -2.41. The largest absolute Gasteiger partial charge is 0.437 e. The zero-order valence-electron chi connectivity index (χ0n) is 11.7. The van der Waals surface area contributed by atoms with Gasteiger partial charge >= 0.3 is 0 Å². The second kappa shape index (κ2) is 5.92. The zero-order chi connectivity index (χ0) is 15.6. The molecular formula is C13H13ClN4O3. The third-order valence-corrected chi connectivity index (χ3v) is 3.08. The quantitative estimate of drug-likeness (QED) is 0.687. The number of ether oxygens (including phenoxy) is 1. The van der Waals surface area contributed by atoms with Crippen LogP contribution in [0, 0.1) is 24.0 Å². The average Bonchev–Trinajstić information content (AvgIpc) is 2.44. The Bertz CT molecular complexity index is 706. The van der Waals surface area contributed by atoms with E-state index in [-0.39, 0.29) is 10.7 Å². The van der Waals surface area contributed by atoms with Gasteiger partial charge in [0.25, 0.3) is 5.69 Å². The lowest BCUT2D eigenvalue weighted by Gasteiger charge is -2.12. The first-order valence-corrected chi connectivity index (χ1v) is 6.45. The molecule has 0 spiro atoms. The Kier molecular flexibility index (Phi) is 4.23. The van der Waals surface area contributed by atoms with Gasteiger partial charge in [0.1, 0.15) is 17.4 Å². The lowest BCUT2D eigenvalue weighted by molar-refractivity contribution is -0.384. The summed E-state index contributed by atoms with van der Waals surface area (Å²) in [7, 11) is 1.75. The molecule has 0 bridgehead atoms. The van der Waals surface area contributed by atoms with Crippen molar-refractivity contribution in [1.29, 1.82) is 0 Å². The van der Waals surface area contributed by atoms with E-state index < -0.39 is 4.92 Å². The molecule has 2 rings (SSSR count). The normalized spacial score (nSPS) is 10.3. The van der Waals surface area contributed by atoms with Crippen molar-refractivity contribution >= 4 is 23.1 Å². The smallest absolute Gasteiger partial charge is 0.271 e. The number of non-ortho nitro benzene ring substituents is 1. The molecule has 0 saturated heterocycles. The molecule has 0 amide bonds. The molecule has 0 saturated carbocycles. The van der Waals surface area contributed by atoms with Crippen molar-refractivity contribution in [3.8, 4) is 11.6 Å². The van der Waals surface area contributed by atoms with Crippen molar-refractivity contribution in [3.63, 3.8) is 0 Å². The first-order chi connectivity index (χ1) is 9.92. The summed E-state index contributed by atoms with van der Waals surface area (Å²) in [4.78, 5) is 18.6. The maximum Gasteiger partial charge on any atom is 0.271 e. The molecule has 0 aliphatic rings. The number of nitro benzene ring substituents is 1. The lowest BCUT2D eigenvalue weighted by atomic mass is 10.3. The molecule has 1 N–H and O–H groups in total. The van der Waals surface area contributed by atoms with Crippen LogP contribution in [0.25, 0.3) is 0 Å². The molecule has 0 aliphatic heterocycles. The van der Waals surface area contributed by atoms with Gasteiger partial charge in [-0.3, -0.25) is 10.1 Å². The number of nitrogens with zero attached hydrogens (tertiary/aromatic N) is 3. The highest BCUT2D eigenvalue weighted by Gasteiger charge is 2.14. The summed E-state index contributed by atoms with van der Waals surface area (Å²) >= 11 is 6.00. The number of hydrogen-bond acceptors (Lipinski definition) is 6. The van der Waals surface area contributed by atoms with E-state index in [1.165, 1.54) is 18.2 Å². The van der Waals surface area contributed by atoms with Gasteiger partial charge in [-0.2, -0.15) is 4.98 Å². The Morgan fingerprint density at radius 3 is 2.62 bits per heavy atom. The van der Waals surface area contributed by atoms with Gasteiger partial charge in [0, 0.05) is 19.2 Å². The Morgan fingerprint density at radius 2 is 2.05 bits per heavy atom. The van der Waals surface area contributed by atoms with E-state index in [0.29, 0.717) is 23.3 Å². The second-order valence-electron chi connectivity index (χ2n) is 4.27. The summed E-state index contributed by atoms with van der Waals surface area (Å²) < 4.78 is 5.65. The van der Waals surface area contributed by atoms with Gasteiger partial charge in [0.05, 0.1) is 15.5 Å². The Labute approximate surface area is 126 Å². The summed E-state index contributed by atoms with van der Waals surface area (Å²) in [5.74, 6) is 1.83. The van der Waals surface area contributed by atoms with Gasteiger partial charge in [-0.25, -0.2) is 4.98 Å². The lowest BCUT2D eigenvalue weighted by Crippen LogP contribution is -2.03. The molecule has 7 nitrogen and oxygen atoms in total. The first-order valence-electron chi connectivity index (χ1n) is 6.07. The van der Waals surface area contributed by atoms with E-state index in [2.05, 4.69) is 15.3 Å². The van der Waals surface area contributed by atoms with Gasteiger partial charge < -0.3 is 10.1 Å². The van der Waals surface area contributed by atoms with Gasteiger partial charge in [0.2, 0.25) is 5.88 Å². The molecule has 1 heterocycles. The number of aryl methyl sites for hydroxylation is 1. The number of anilines is 1.